The molecule has 0 unspecified atom stereocenters. The third-order valence-corrected chi connectivity index (χ3v) is 7.23. The minimum Gasteiger partial charge on any atom is -0.383 e. The first kappa shape index (κ1) is 26.0. The molecule has 3 heterocycles. The molecule has 3 aromatic rings. The van der Waals surface area contributed by atoms with Crippen molar-refractivity contribution in [3.63, 3.8) is 0 Å². The first-order valence-corrected chi connectivity index (χ1v) is 12.7. The molecule has 0 bridgehead atoms. The number of aromatic nitrogens is 1. The summed E-state index contributed by atoms with van der Waals surface area (Å²) in [5, 5.41) is 2.69. The first-order valence-electron chi connectivity index (χ1n) is 12.7. The number of nitrogens with one attached hydrogen (secondary N) is 1. The van der Waals surface area contributed by atoms with E-state index in [9.17, 15) is 18.0 Å². The lowest BCUT2D eigenvalue weighted by molar-refractivity contribution is 0.0945. The van der Waals surface area contributed by atoms with Crippen molar-refractivity contribution in [2.24, 2.45) is 0 Å². The molecule has 10 heteroatoms. The summed E-state index contributed by atoms with van der Waals surface area (Å²) in [6.45, 7) is 4.25. The number of hydrogen-bond acceptors (Lipinski definition) is 5. The van der Waals surface area contributed by atoms with Gasteiger partial charge in [-0.05, 0) is 60.8 Å². The highest BCUT2D eigenvalue weighted by Crippen LogP contribution is 2.35. The number of halogens is 4. The number of nitrogens with zero attached hydrogens (tertiary/aromatic N) is 3. The second-order valence-electron chi connectivity index (χ2n) is 9.66. The van der Waals surface area contributed by atoms with Crippen molar-refractivity contribution in [1.29, 1.82) is 0 Å². The molecule has 38 heavy (non-hydrogen) atoms. The number of rotatable bonds is 7. The first-order chi connectivity index (χ1) is 18.3. The van der Waals surface area contributed by atoms with E-state index in [1.54, 1.807) is 18.2 Å². The van der Waals surface area contributed by atoms with Crippen LogP contribution >= 0.6 is 0 Å². The SMILES string of the molecule is Nc1nc(F)c(-c2ccc(N3CCN(CCCC(F)F)CC3)cc2)cc1-c1cc2c(cc1F)C(=O)NCC2. The Labute approximate surface area is 218 Å². The van der Waals surface area contributed by atoms with Gasteiger partial charge in [0.15, 0.2) is 0 Å². The Morgan fingerprint density at radius 1 is 0.947 bits per heavy atom. The molecule has 1 aromatic heterocycles. The van der Waals surface area contributed by atoms with Crippen LogP contribution in [0.1, 0.15) is 28.8 Å². The number of amides is 1. The standard InChI is InChI=1S/C28H29F4N5O/c29-24-16-21-18(7-8-34-28(21)38)14-22(24)23-15-20(26(32)35-27(23)33)17-3-5-19(6-4-17)37-12-10-36(11-13-37)9-1-2-25(30)31/h3-6,14-16,25H,1-2,7-13H2,(H2,33,35)(H,34,38). The van der Waals surface area contributed by atoms with Crippen molar-refractivity contribution in [1.82, 2.24) is 15.2 Å². The maximum absolute atomic E-state index is 15.0. The van der Waals surface area contributed by atoms with Crippen molar-refractivity contribution in [2.75, 3.05) is 49.9 Å². The van der Waals surface area contributed by atoms with Gasteiger partial charge < -0.3 is 16.0 Å². The number of hydrogen-bond donors (Lipinski definition) is 2. The number of benzene rings is 2. The van der Waals surface area contributed by atoms with E-state index in [-0.39, 0.29) is 40.4 Å². The van der Waals surface area contributed by atoms with Crippen LogP contribution in [0.2, 0.25) is 0 Å². The van der Waals surface area contributed by atoms with Crippen LogP contribution in [0.15, 0.2) is 42.5 Å². The maximum Gasteiger partial charge on any atom is 0.251 e. The van der Waals surface area contributed by atoms with Gasteiger partial charge in [-0.3, -0.25) is 9.69 Å². The van der Waals surface area contributed by atoms with E-state index in [1.807, 2.05) is 12.1 Å². The monoisotopic (exact) mass is 527 g/mol. The van der Waals surface area contributed by atoms with Gasteiger partial charge in [-0.2, -0.15) is 4.39 Å². The molecule has 0 aliphatic carbocycles. The number of fused-ring (bicyclic) bond motifs is 1. The van der Waals surface area contributed by atoms with E-state index in [2.05, 4.69) is 20.1 Å². The third-order valence-electron chi connectivity index (χ3n) is 7.23. The molecule has 2 aromatic carbocycles. The summed E-state index contributed by atoms with van der Waals surface area (Å²) >= 11 is 0. The molecule has 3 N–H and O–H groups in total. The van der Waals surface area contributed by atoms with Crippen LogP contribution in [-0.4, -0.2) is 61.5 Å². The number of nitrogen functional groups attached to an aromatic ring is 1. The van der Waals surface area contributed by atoms with Crippen molar-refractivity contribution in [3.8, 4) is 22.3 Å². The second-order valence-corrected chi connectivity index (χ2v) is 9.66. The average Bonchev–Trinajstić information content (AvgIpc) is 2.90. The zero-order valence-corrected chi connectivity index (χ0v) is 20.8. The molecule has 0 atom stereocenters. The number of nitrogens with two attached hydrogens (primary N) is 1. The number of carbonyl (C=O) groups is 1. The molecular weight excluding hydrogens is 498 g/mol. The number of piperazine rings is 1. The van der Waals surface area contributed by atoms with Gasteiger partial charge in [-0.25, -0.2) is 18.2 Å². The molecule has 2 aliphatic rings. The fraction of sp³-hybridized carbons (Fsp3) is 0.357. The lowest BCUT2D eigenvalue weighted by Gasteiger charge is -2.36. The smallest absolute Gasteiger partial charge is 0.251 e. The Balaban J connectivity index is 1.34. The minimum atomic E-state index is -2.26. The van der Waals surface area contributed by atoms with Gasteiger partial charge in [0, 0.05) is 67.1 Å². The van der Waals surface area contributed by atoms with E-state index in [0.29, 0.717) is 37.1 Å². The van der Waals surface area contributed by atoms with Crippen LogP contribution in [0.5, 0.6) is 0 Å². The highest BCUT2D eigenvalue weighted by atomic mass is 19.3. The number of carbonyl (C=O) groups excluding carboxylic acids is 1. The lowest BCUT2D eigenvalue weighted by Crippen LogP contribution is -2.46. The molecule has 2 aliphatic heterocycles. The summed E-state index contributed by atoms with van der Waals surface area (Å²) in [5.74, 6) is -1.84. The van der Waals surface area contributed by atoms with Crippen LogP contribution in [-0.2, 0) is 6.42 Å². The Morgan fingerprint density at radius 2 is 1.68 bits per heavy atom. The summed E-state index contributed by atoms with van der Waals surface area (Å²) < 4.78 is 54.7. The molecule has 200 valence electrons. The Morgan fingerprint density at radius 3 is 2.39 bits per heavy atom. The predicted molar refractivity (Wildman–Crippen MR) is 139 cm³/mol. The maximum atomic E-state index is 15.0. The van der Waals surface area contributed by atoms with Crippen LogP contribution in [0.25, 0.3) is 22.3 Å². The summed E-state index contributed by atoms with van der Waals surface area (Å²) in [6.07, 6.45) is -1.29. The topological polar surface area (TPSA) is 74.5 Å². The van der Waals surface area contributed by atoms with Crippen LogP contribution < -0.4 is 16.0 Å². The summed E-state index contributed by atoms with van der Waals surface area (Å²) in [7, 11) is 0. The second kappa shape index (κ2) is 11.0. The molecule has 1 amide bonds. The molecule has 6 nitrogen and oxygen atoms in total. The molecule has 1 saturated heterocycles. The van der Waals surface area contributed by atoms with Crippen molar-refractivity contribution >= 4 is 17.4 Å². The van der Waals surface area contributed by atoms with Crippen molar-refractivity contribution < 1.29 is 22.4 Å². The Kier molecular flexibility index (Phi) is 7.51. The van der Waals surface area contributed by atoms with E-state index < -0.39 is 18.2 Å². The van der Waals surface area contributed by atoms with E-state index >= 15 is 4.39 Å². The van der Waals surface area contributed by atoms with Crippen LogP contribution in [0, 0.1) is 11.8 Å². The zero-order valence-electron chi connectivity index (χ0n) is 20.8. The van der Waals surface area contributed by atoms with E-state index in [0.717, 1.165) is 31.9 Å². The van der Waals surface area contributed by atoms with Gasteiger partial charge in [0.2, 0.25) is 12.4 Å². The van der Waals surface area contributed by atoms with Gasteiger partial charge in [-0.1, -0.05) is 12.1 Å². The minimum absolute atomic E-state index is 0.0732. The zero-order chi connectivity index (χ0) is 26.8. The molecular formula is C28H29F4N5O. The molecule has 1 fully saturated rings. The Bertz CT molecular complexity index is 1320. The lowest BCUT2D eigenvalue weighted by atomic mass is 9.93. The summed E-state index contributed by atoms with van der Waals surface area (Å²) in [4.78, 5) is 20.3. The van der Waals surface area contributed by atoms with E-state index in [4.69, 9.17) is 5.73 Å². The van der Waals surface area contributed by atoms with Crippen molar-refractivity contribution in [2.45, 2.75) is 25.7 Å². The predicted octanol–water partition coefficient (Wildman–Crippen LogP) is 4.73. The van der Waals surface area contributed by atoms with Crippen LogP contribution in [0.3, 0.4) is 0 Å². The van der Waals surface area contributed by atoms with Crippen LogP contribution in [0.4, 0.5) is 29.1 Å². The van der Waals surface area contributed by atoms with Gasteiger partial charge in [0.05, 0.1) is 0 Å². The largest absolute Gasteiger partial charge is 0.383 e. The number of alkyl halides is 2. The quantitative estimate of drug-likeness (QED) is 0.343. The highest BCUT2D eigenvalue weighted by molar-refractivity contribution is 5.97. The van der Waals surface area contributed by atoms with Gasteiger partial charge in [0.25, 0.3) is 5.91 Å². The molecule has 5 rings (SSSR count). The number of pyridine rings is 1. The summed E-state index contributed by atoms with van der Waals surface area (Å²) in [6, 6.07) is 11.7. The average molecular weight is 528 g/mol. The third kappa shape index (κ3) is 5.45. The molecule has 0 radical (unpaired) electrons. The van der Waals surface area contributed by atoms with Gasteiger partial charge in [0.1, 0.15) is 11.6 Å². The van der Waals surface area contributed by atoms with E-state index in [1.165, 1.54) is 12.1 Å². The highest BCUT2D eigenvalue weighted by Gasteiger charge is 2.23. The van der Waals surface area contributed by atoms with Gasteiger partial charge in [-0.15, -0.1) is 0 Å². The fourth-order valence-corrected chi connectivity index (χ4v) is 5.12. The Hall–Kier alpha value is -3.66. The fourth-order valence-electron chi connectivity index (χ4n) is 5.12. The van der Waals surface area contributed by atoms with Gasteiger partial charge >= 0.3 is 0 Å². The molecule has 0 spiro atoms. The van der Waals surface area contributed by atoms with Crippen molar-refractivity contribution in [3.05, 3.63) is 65.4 Å². The summed E-state index contributed by atoms with van der Waals surface area (Å²) in [5.41, 5.74) is 9.18. The normalized spacial score (nSPS) is 16.0. The molecule has 0 saturated carbocycles. The number of anilines is 2.